The molecule has 102 valence electrons. The predicted octanol–water partition coefficient (Wildman–Crippen LogP) is 1.81. The Kier molecular flexibility index (Phi) is 3.07. The van der Waals surface area contributed by atoms with Crippen LogP contribution in [0.25, 0.3) is 0 Å². The van der Waals surface area contributed by atoms with Gasteiger partial charge in [-0.1, -0.05) is 18.2 Å². The predicted molar refractivity (Wildman–Crippen MR) is 70.7 cm³/mol. The minimum atomic E-state index is -0.574. The van der Waals surface area contributed by atoms with Gasteiger partial charge < -0.3 is 15.2 Å². The number of hydrogen-bond donors (Lipinski definition) is 2. The van der Waals surface area contributed by atoms with Gasteiger partial charge in [0.15, 0.2) is 11.8 Å². The maximum Gasteiger partial charge on any atom is 0.268 e. The fraction of sp³-hybridized carbons (Fsp3) is 0.333. The van der Waals surface area contributed by atoms with E-state index in [1.807, 2.05) is 24.3 Å². The van der Waals surface area contributed by atoms with Crippen molar-refractivity contribution >= 4 is 5.91 Å². The number of carbonyl (C=O) groups excluding carboxylic acids is 1. The number of benzene rings is 1. The Hall–Kier alpha value is -2.48. The molecule has 1 atom stereocenters. The number of aliphatic hydroxyl groups excluding tert-OH is 1. The number of carbonyl (C=O) groups is 1. The third kappa shape index (κ3) is 2.32. The minimum Gasteiger partial charge on any atom is -0.510 e. The highest BCUT2D eigenvalue weighted by molar-refractivity contribution is 5.98. The highest BCUT2D eigenvalue weighted by Gasteiger charge is 2.32. The van der Waals surface area contributed by atoms with E-state index in [0.717, 1.165) is 24.2 Å². The molecular weight excluding hydrogens is 256 g/mol. The molecule has 5 heteroatoms. The molecule has 1 aromatic carbocycles. The standard InChI is InChI=1S/C15H14N2O3/c16-8-11(14(18)9-5-6-9)15(19)17-13-7-10-3-1-2-4-12(10)20-13/h1-4,9,13,18H,5-7H2,(H,17,19)/b14-11-. The molecule has 5 nitrogen and oxygen atoms in total. The first-order valence-corrected chi connectivity index (χ1v) is 6.57. The first kappa shape index (κ1) is 12.5. The van der Waals surface area contributed by atoms with E-state index in [9.17, 15) is 9.90 Å². The van der Waals surface area contributed by atoms with Crippen molar-refractivity contribution in [3.05, 3.63) is 41.2 Å². The van der Waals surface area contributed by atoms with Crippen LogP contribution in [0.3, 0.4) is 0 Å². The van der Waals surface area contributed by atoms with Crippen molar-refractivity contribution in [1.29, 1.82) is 5.26 Å². The van der Waals surface area contributed by atoms with Gasteiger partial charge in [-0.3, -0.25) is 4.79 Å². The van der Waals surface area contributed by atoms with Crippen LogP contribution in [0.15, 0.2) is 35.6 Å². The number of hydrogen-bond acceptors (Lipinski definition) is 4. The van der Waals surface area contributed by atoms with E-state index in [1.165, 1.54) is 0 Å². The number of fused-ring (bicyclic) bond motifs is 1. The third-order valence-electron chi connectivity index (χ3n) is 3.50. The lowest BCUT2D eigenvalue weighted by molar-refractivity contribution is -0.119. The van der Waals surface area contributed by atoms with E-state index < -0.39 is 12.1 Å². The van der Waals surface area contributed by atoms with Crippen LogP contribution in [0.1, 0.15) is 18.4 Å². The van der Waals surface area contributed by atoms with Crippen molar-refractivity contribution < 1.29 is 14.6 Å². The molecule has 20 heavy (non-hydrogen) atoms. The quantitative estimate of drug-likeness (QED) is 0.498. The Morgan fingerprint density at radius 2 is 2.15 bits per heavy atom. The zero-order chi connectivity index (χ0) is 14.1. The number of para-hydroxylation sites is 1. The van der Waals surface area contributed by atoms with E-state index in [2.05, 4.69) is 5.32 Å². The van der Waals surface area contributed by atoms with E-state index in [4.69, 9.17) is 10.00 Å². The van der Waals surface area contributed by atoms with Gasteiger partial charge in [-0.25, -0.2) is 0 Å². The summed E-state index contributed by atoms with van der Waals surface area (Å²) in [5.41, 5.74) is 0.818. The van der Waals surface area contributed by atoms with Gasteiger partial charge in [0.05, 0.1) is 0 Å². The average Bonchev–Trinajstić information content (AvgIpc) is 3.20. The van der Waals surface area contributed by atoms with Crippen LogP contribution in [0.5, 0.6) is 5.75 Å². The molecule has 1 heterocycles. The molecule has 2 N–H and O–H groups in total. The number of ether oxygens (including phenoxy) is 1. The largest absolute Gasteiger partial charge is 0.510 e. The topological polar surface area (TPSA) is 82.4 Å². The molecule has 1 aliphatic heterocycles. The molecule has 0 saturated heterocycles. The molecule has 3 rings (SSSR count). The van der Waals surface area contributed by atoms with Crippen molar-refractivity contribution in [2.24, 2.45) is 5.92 Å². The van der Waals surface area contributed by atoms with Crippen molar-refractivity contribution in [3.63, 3.8) is 0 Å². The van der Waals surface area contributed by atoms with Gasteiger partial charge in [0.25, 0.3) is 5.91 Å². The molecule has 0 aromatic heterocycles. The molecule has 1 saturated carbocycles. The van der Waals surface area contributed by atoms with Gasteiger partial charge >= 0.3 is 0 Å². The van der Waals surface area contributed by atoms with E-state index in [-0.39, 0.29) is 17.3 Å². The number of aliphatic hydroxyl groups is 1. The Morgan fingerprint density at radius 1 is 1.40 bits per heavy atom. The Bertz CT molecular complexity index is 601. The minimum absolute atomic E-state index is 0.0305. The Morgan fingerprint density at radius 3 is 2.80 bits per heavy atom. The van der Waals surface area contributed by atoms with Gasteiger partial charge in [0.2, 0.25) is 0 Å². The van der Waals surface area contributed by atoms with E-state index >= 15 is 0 Å². The van der Waals surface area contributed by atoms with Gasteiger partial charge in [0, 0.05) is 12.3 Å². The molecule has 0 bridgehead atoms. The molecule has 1 aliphatic carbocycles. The van der Waals surface area contributed by atoms with Crippen LogP contribution < -0.4 is 10.1 Å². The second-order valence-electron chi connectivity index (χ2n) is 5.04. The zero-order valence-corrected chi connectivity index (χ0v) is 10.8. The normalized spacial score (nSPS) is 21.2. The summed E-state index contributed by atoms with van der Waals surface area (Å²) in [4.78, 5) is 12.0. The molecule has 1 aromatic rings. The SMILES string of the molecule is N#C/C(C(=O)NC1Cc2ccccc2O1)=C(/O)C1CC1. The summed E-state index contributed by atoms with van der Waals surface area (Å²) >= 11 is 0. The highest BCUT2D eigenvalue weighted by Crippen LogP contribution is 2.36. The molecule has 1 fully saturated rings. The first-order valence-electron chi connectivity index (χ1n) is 6.57. The number of nitrogens with one attached hydrogen (secondary N) is 1. The lowest BCUT2D eigenvalue weighted by Gasteiger charge is -2.12. The Labute approximate surface area is 116 Å². The molecule has 1 unspecified atom stereocenters. The summed E-state index contributed by atoms with van der Waals surface area (Å²) in [5, 5.41) is 21.5. The summed E-state index contributed by atoms with van der Waals surface area (Å²) in [5.74, 6) is 0.0408. The maximum atomic E-state index is 12.0. The van der Waals surface area contributed by atoms with Gasteiger partial charge in [0.1, 0.15) is 17.6 Å². The van der Waals surface area contributed by atoms with Gasteiger partial charge in [-0.05, 0) is 24.5 Å². The highest BCUT2D eigenvalue weighted by atomic mass is 16.5. The van der Waals surface area contributed by atoms with Crippen LogP contribution in [0, 0.1) is 17.2 Å². The number of nitrogens with zero attached hydrogens (tertiary/aromatic N) is 1. The lowest BCUT2D eigenvalue weighted by Crippen LogP contribution is -2.39. The second kappa shape index (κ2) is 4.89. The zero-order valence-electron chi connectivity index (χ0n) is 10.8. The molecule has 1 amide bonds. The van der Waals surface area contributed by atoms with Gasteiger partial charge in [-0.2, -0.15) is 5.26 Å². The van der Waals surface area contributed by atoms with Crippen LogP contribution in [0.4, 0.5) is 0 Å². The summed E-state index contributed by atoms with van der Waals surface area (Å²) in [6.07, 6.45) is 1.73. The maximum absolute atomic E-state index is 12.0. The molecule has 0 spiro atoms. The third-order valence-corrected chi connectivity index (χ3v) is 3.50. The second-order valence-corrected chi connectivity index (χ2v) is 5.04. The van der Waals surface area contributed by atoms with Crippen molar-refractivity contribution in [2.45, 2.75) is 25.5 Å². The van der Waals surface area contributed by atoms with E-state index in [0.29, 0.717) is 6.42 Å². The number of allylic oxidation sites excluding steroid dienone is 1. The van der Waals surface area contributed by atoms with Crippen LogP contribution in [0.2, 0.25) is 0 Å². The van der Waals surface area contributed by atoms with Crippen LogP contribution >= 0.6 is 0 Å². The fourth-order valence-electron chi connectivity index (χ4n) is 2.27. The average molecular weight is 270 g/mol. The smallest absolute Gasteiger partial charge is 0.268 e. The lowest BCUT2D eigenvalue weighted by atomic mass is 10.1. The summed E-state index contributed by atoms with van der Waals surface area (Å²) in [6.45, 7) is 0. The number of amides is 1. The van der Waals surface area contributed by atoms with Crippen LogP contribution in [-0.4, -0.2) is 17.2 Å². The molecular formula is C15H14N2O3. The molecule has 0 radical (unpaired) electrons. The monoisotopic (exact) mass is 270 g/mol. The fourth-order valence-corrected chi connectivity index (χ4v) is 2.27. The van der Waals surface area contributed by atoms with E-state index in [1.54, 1.807) is 6.07 Å². The van der Waals surface area contributed by atoms with Crippen molar-refractivity contribution in [1.82, 2.24) is 5.32 Å². The van der Waals surface area contributed by atoms with Crippen molar-refractivity contribution in [3.8, 4) is 11.8 Å². The van der Waals surface area contributed by atoms with Crippen molar-refractivity contribution in [2.75, 3.05) is 0 Å². The van der Waals surface area contributed by atoms with Gasteiger partial charge in [-0.15, -0.1) is 0 Å². The summed E-state index contributed by atoms with van der Waals surface area (Å²) < 4.78 is 5.58. The first-order chi connectivity index (χ1) is 9.69. The number of nitriles is 1. The Balaban J connectivity index is 1.69. The van der Waals surface area contributed by atoms with Crippen LogP contribution in [-0.2, 0) is 11.2 Å². The summed E-state index contributed by atoms with van der Waals surface area (Å²) in [6, 6.07) is 9.32. The summed E-state index contributed by atoms with van der Waals surface area (Å²) in [7, 11) is 0. The number of rotatable bonds is 3. The molecule has 2 aliphatic rings.